The second-order valence-electron chi connectivity index (χ2n) is 3.71. The Balaban J connectivity index is 2.03. The molecule has 2 rings (SSSR count). The van der Waals surface area contributed by atoms with Gasteiger partial charge in [-0.2, -0.15) is 0 Å². The molecule has 0 saturated carbocycles. The zero-order valence-corrected chi connectivity index (χ0v) is 10.6. The van der Waals surface area contributed by atoms with Crippen molar-refractivity contribution in [2.24, 2.45) is 0 Å². The monoisotopic (exact) mass is 273 g/mol. The first kappa shape index (κ1) is 13.0. The number of carboxylic acid groups (broad SMARTS) is 1. The lowest BCUT2D eigenvalue weighted by molar-refractivity contribution is 0.0696. The van der Waals surface area contributed by atoms with E-state index in [9.17, 15) is 4.79 Å². The first-order chi connectivity index (χ1) is 9.15. The van der Waals surface area contributed by atoms with Crippen LogP contribution in [0.5, 0.6) is 0 Å². The van der Waals surface area contributed by atoms with Gasteiger partial charge in [-0.25, -0.2) is 4.79 Å². The second-order valence-corrected chi connectivity index (χ2v) is 4.12. The molecule has 0 amide bonds. The summed E-state index contributed by atoms with van der Waals surface area (Å²) in [5, 5.41) is 15.1. The van der Waals surface area contributed by atoms with Gasteiger partial charge in [0.15, 0.2) is 5.11 Å². The highest BCUT2D eigenvalue weighted by Gasteiger charge is 2.05. The molecule has 0 radical (unpaired) electrons. The largest absolute Gasteiger partial charge is 0.478 e. The van der Waals surface area contributed by atoms with E-state index in [0.29, 0.717) is 10.8 Å². The molecule has 1 aromatic carbocycles. The van der Waals surface area contributed by atoms with Gasteiger partial charge in [-0.05, 0) is 30.4 Å². The maximum atomic E-state index is 10.8. The minimum Gasteiger partial charge on any atom is -0.478 e. The Hall–Kier alpha value is -2.47. The number of thiocarbonyl (C=S) groups is 1. The maximum absolute atomic E-state index is 10.8. The molecule has 0 aliphatic carbocycles. The third kappa shape index (κ3) is 3.75. The SMILES string of the molecule is O=C(O)c1cncc(NC(=S)Nc2ccccc2)c1. The molecule has 96 valence electrons. The maximum Gasteiger partial charge on any atom is 0.337 e. The molecule has 0 bridgehead atoms. The van der Waals surface area contributed by atoms with Crippen molar-refractivity contribution in [3.63, 3.8) is 0 Å². The van der Waals surface area contributed by atoms with Crippen LogP contribution in [0.4, 0.5) is 11.4 Å². The van der Waals surface area contributed by atoms with Crippen molar-refractivity contribution < 1.29 is 9.90 Å². The average Bonchev–Trinajstić information content (AvgIpc) is 2.40. The summed E-state index contributed by atoms with van der Waals surface area (Å²) < 4.78 is 0. The summed E-state index contributed by atoms with van der Waals surface area (Å²) in [5.41, 5.74) is 1.48. The molecule has 1 heterocycles. The fraction of sp³-hybridized carbons (Fsp3) is 0. The van der Waals surface area contributed by atoms with Crippen LogP contribution in [0.15, 0.2) is 48.8 Å². The Labute approximate surface area is 115 Å². The summed E-state index contributed by atoms with van der Waals surface area (Å²) in [7, 11) is 0. The van der Waals surface area contributed by atoms with Gasteiger partial charge in [0.1, 0.15) is 0 Å². The molecule has 0 saturated heterocycles. The number of benzene rings is 1. The Morgan fingerprint density at radius 2 is 1.79 bits per heavy atom. The Kier molecular flexibility index (Phi) is 4.04. The lowest BCUT2D eigenvalue weighted by Crippen LogP contribution is -2.19. The number of pyridine rings is 1. The van der Waals surface area contributed by atoms with Gasteiger partial charge in [0.25, 0.3) is 0 Å². The molecule has 0 aliphatic rings. The van der Waals surface area contributed by atoms with Crippen LogP contribution in [0.25, 0.3) is 0 Å². The third-order valence-corrected chi connectivity index (χ3v) is 2.48. The van der Waals surface area contributed by atoms with Crippen LogP contribution in [0.3, 0.4) is 0 Å². The number of hydrogen-bond donors (Lipinski definition) is 3. The topological polar surface area (TPSA) is 74.2 Å². The van der Waals surface area contributed by atoms with E-state index in [1.807, 2.05) is 30.3 Å². The molecule has 0 aliphatic heterocycles. The molecule has 0 spiro atoms. The van der Waals surface area contributed by atoms with E-state index in [0.717, 1.165) is 5.69 Å². The van der Waals surface area contributed by atoms with Gasteiger partial charge in [-0.15, -0.1) is 0 Å². The van der Waals surface area contributed by atoms with Gasteiger partial charge >= 0.3 is 5.97 Å². The summed E-state index contributed by atoms with van der Waals surface area (Å²) >= 11 is 5.13. The Bertz CT molecular complexity index is 602. The minimum absolute atomic E-state index is 0.104. The van der Waals surface area contributed by atoms with Crippen LogP contribution in [-0.2, 0) is 0 Å². The van der Waals surface area contributed by atoms with Crippen molar-refractivity contribution in [3.05, 3.63) is 54.4 Å². The zero-order chi connectivity index (χ0) is 13.7. The molecule has 0 atom stereocenters. The second kappa shape index (κ2) is 5.92. The van der Waals surface area contributed by atoms with E-state index in [4.69, 9.17) is 17.3 Å². The normalized spacial score (nSPS) is 9.68. The number of carboxylic acids is 1. The molecule has 2 aromatic rings. The number of hydrogen-bond acceptors (Lipinski definition) is 3. The van der Waals surface area contributed by atoms with Crippen LogP contribution in [0.1, 0.15) is 10.4 Å². The fourth-order valence-corrected chi connectivity index (χ4v) is 1.68. The fourth-order valence-electron chi connectivity index (χ4n) is 1.44. The van der Waals surface area contributed by atoms with E-state index in [1.54, 1.807) is 0 Å². The number of aromatic nitrogens is 1. The number of nitrogens with one attached hydrogen (secondary N) is 2. The predicted molar refractivity (Wildman–Crippen MR) is 77.5 cm³/mol. The first-order valence-electron chi connectivity index (χ1n) is 5.46. The van der Waals surface area contributed by atoms with Crippen molar-refractivity contribution in [2.75, 3.05) is 10.6 Å². The van der Waals surface area contributed by atoms with Crippen LogP contribution in [0.2, 0.25) is 0 Å². The van der Waals surface area contributed by atoms with Crippen molar-refractivity contribution in [1.82, 2.24) is 4.98 Å². The zero-order valence-electron chi connectivity index (χ0n) is 9.83. The lowest BCUT2D eigenvalue weighted by atomic mass is 10.2. The quantitative estimate of drug-likeness (QED) is 0.746. The van der Waals surface area contributed by atoms with E-state index in [1.165, 1.54) is 18.5 Å². The van der Waals surface area contributed by atoms with Crippen molar-refractivity contribution in [1.29, 1.82) is 0 Å². The molecule has 5 nitrogen and oxygen atoms in total. The van der Waals surface area contributed by atoms with E-state index in [-0.39, 0.29) is 5.56 Å². The number of rotatable bonds is 3. The van der Waals surface area contributed by atoms with Gasteiger partial charge in [-0.1, -0.05) is 18.2 Å². The molecule has 0 fully saturated rings. The van der Waals surface area contributed by atoms with E-state index < -0.39 is 5.97 Å². The summed E-state index contributed by atoms with van der Waals surface area (Å²) in [6.45, 7) is 0. The van der Waals surface area contributed by atoms with E-state index >= 15 is 0 Å². The first-order valence-corrected chi connectivity index (χ1v) is 5.87. The Morgan fingerprint density at radius 3 is 2.47 bits per heavy atom. The van der Waals surface area contributed by atoms with Gasteiger partial charge in [0, 0.05) is 11.9 Å². The molecule has 19 heavy (non-hydrogen) atoms. The average molecular weight is 273 g/mol. The van der Waals surface area contributed by atoms with Gasteiger partial charge in [-0.3, -0.25) is 4.98 Å². The molecule has 0 unspecified atom stereocenters. The summed E-state index contributed by atoms with van der Waals surface area (Å²) in [4.78, 5) is 14.6. The van der Waals surface area contributed by atoms with Gasteiger partial charge in [0.05, 0.1) is 17.4 Å². The van der Waals surface area contributed by atoms with Crippen LogP contribution < -0.4 is 10.6 Å². The highest BCUT2D eigenvalue weighted by atomic mass is 32.1. The molecular weight excluding hydrogens is 262 g/mol. The number of anilines is 2. The standard InChI is InChI=1S/C13H11N3O2S/c17-12(18)9-6-11(8-14-7-9)16-13(19)15-10-4-2-1-3-5-10/h1-8H,(H,17,18)(H2,15,16,19). The smallest absolute Gasteiger partial charge is 0.337 e. The molecule has 6 heteroatoms. The highest BCUT2D eigenvalue weighted by molar-refractivity contribution is 7.80. The molecular formula is C13H11N3O2S. The number of carbonyl (C=O) groups is 1. The summed E-state index contributed by atoms with van der Waals surface area (Å²) in [6.07, 6.45) is 2.78. The predicted octanol–water partition coefficient (Wildman–Crippen LogP) is 2.59. The van der Waals surface area contributed by atoms with Crippen LogP contribution >= 0.6 is 12.2 Å². The summed E-state index contributed by atoms with van der Waals surface area (Å²) in [6, 6.07) is 10.9. The van der Waals surface area contributed by atoms with Crippen molar-refractivity contribution in [2.45, 2.75) is 0 Å². The minimum atomic E-state index is -1.03. The van der Waals surface area contributed by atoms with E-state index in [2.05, 4.69) is 15.6 Å². The van der Waals surface area contributed by atoms with Gasteiger partial charge < -0.3 is 15.7 Å². The molecule has 3 N–H and O–H groups in total. The number of para-hydroxylation sites is 1. The van der Waals surface area contributed by atoms with Gasteiger partial charge in [0.2, 0.25) is 0 Å². The van der Waals surface area contributed by atoms with Crippen molar-refractivity contribution >= 4 is 34.7 Å². The number of nitrogens with zero attached hydrogens (tertiary/aromatic N) is 1. The van der Waals surface area contributed by atoms with Crippen molar-refractivity contribution in [3.8, 4) is 0 Å². The highest BCUT2D eigenvalue weighted by Crippen LogP contribution is 2.10. The Morgan fingerprint density at radius 1 is 1.11 bits per heavy atom. The van der Waals surface area contributed by atoms with Crippen LogP contribution in [0, 0.1) is 0 Å². The van der Waals surface area contributed by atoms with Crippen LogP contribution in [-0.4, -0.2) is 21.2 Å². The lowest BCUT2D eigenvalue weighted by Gasteiger charge is -2.10. The third-order valence-electron chi connectivity index (χ3n) is 2.27. The molecule has 1 aromatic heterocycles. The summed E-state index contributed by atoms with van der Waals surface area (Å²) in [5.74, 6) is -1.03. The number of aromatic carboxylic acids is 1.